The molecule has 0 fully saturated rings. The molecule has 3 aromatic rings. The molecule has 1 heterocycles. The lowest BCUT2D eigenvalue weighted by atomic mass is 9.69. The largest absolute Gasteiger partial charge is 0.497 e. The second kappa shape index (κ2) is 11.4. The quantitative estimate of drug-likeness (QED) is 0.317. The van der Waals surface area contributed by atoms with Gasteiger partial charge in [0.2, 0.25) is 0 Å². The second-order valence-corrected chi connectivity index (χ2v) is 10.9. The lowest BCUT2D eigenvalue weighted by Gasteiger charge is -2.39. The van der Waals surface area contributed by atoms with E-state index in [1.54, 1.807) is 28.4 Å². The molecule has 3 aromatic carbocycles. The topological polar surface area (TPSA) is 80.3 Å². The normalized spacial score (nSPS) is 20.5. The van der Waals surface area contributed by atoms with Crippen LogP contribution in [0.3, 0.4) is 0 Å². The van der Waals surface area contributed by atoms with E-state index in [0.29, 0.717) is 59.8 Å². The van der Waals surface area contributed by atoms with E-state index in [1.165, 1.54) is 0 Å². The number of hydrogen-bond donors (Lipinski definition) is 0. The first-order valence-electron chi connectivity index (χ1n) is 14.1. The van der Waals surface area contributed by atoms with Crippen LogP contribution in [-0.4, -0.2) is 40.0 Å². The minimum atomic E-state index is -0.530. The van der Waals surface area contributed by atoms with Gasteiger partial charge in [-0.25, -0.2) is 0 Å². The molecule has 7 nitrogen and oxygen atoms in total. The van der Waals surface area contributed by atoms with E-state index in [2.05, 4.69) is 0 Å². The summed E-state index contributed by atoms with van der Waals surface area (Å²) in [6, 6.07) is 21.3. The van der Waals surface area contributed by atoms with Crippen molar-refractivity contribution in [3.63, 3.8) is 0 Å². The van der Waals surface area contributed by atoms with Crippen LogP contribution in [0.1, 0.15) is 60.1 Å². The average molecular weight is 567 g/mol. The molecule has 7 heteroatoms. The van der Waals surface area contributed by atoms with Gasteiger partial charge in [0.1, 0.15) is 23.0 Å². The maximum atomic E-state index is 14.0. The number of rotatable bonds is 7. The van der Waals surface area contributed by atoms with Gasteiger partial charge in [-0.15, -0.1) is 0 Å². The molecule has 6 rings (SSSR count). The van der Waals surface area contributed by atoms with Crippen LogP contribution >= 0.6 is 0 Å². The van der Waals surface area contributed by atoms with Crippen molar-refractivity contribution in [2.24, 2.45) is 0 Å². The number of benzene rings is 3. The molecule has 0 spiro atoms. The molecule has 0 N–H and O–H groups in total. The van der Waals surface area contributed by atoms with E-state index < -0.39 is 5.92 Å². The summed E-state index contributed by atoms with van der Waals surface area (Å²) in [6.07, 6.45) is 1.80. The van der Waals surface area contributed by atoms with Crippen LogP contribution < -0.4 is 18.9 Å². The zero-order valence-corrected chi connectivity index (χ0v) is 24.3. The summed E-state index contributed by atoms with van der Waals surface area (Å²) >= 11 is 0. The van der Waals surface area contributed by atoms with Gasteiger partial charge in [-0.05, 0) is 64.9 Å². The molecule has 0 aromatic heterocycles. The Kier molecular flexibility index (Phi) is 7.50. The molecular weight excluding hydrogens is 532 g/mol. The van der Waals surface area contributed by atoms with Crippen LogP contribution in [0.15, 0.2) is 89.4 Å². The van der Waals surface area contributed by atoms with Gasteiger partial charge in [-0.2, -0.15) is 0 Å². The highest BCUT2D eigenvalue weighted by Crippen LogP contribution is 2.52. The first-order chi connectivity index (χ1) is 20.4. The van der Waals surface area contributed by atoms with Gasteiger partial charge < -0.3 is 23.7 Å². The number of ether oxygens (including phenoxy) is 5. The van der Waals surface area contributed by atoms with Crippen LogP contribution in [0, 0.1) is 0 Å². The van der Waals surface area contributed by atoms with E-state index >= 15 is 0 Å². The molecule has 0 bridgehead atoms. The van der Waals surface area contributed by atoms with Gasteiger partial charge in [-0.3, -0.25) is 9.59 Å². The smallest absolute Gasteiger partial charge is 0.163 e. The maximum absolute atomic E-state index is 14.0. The number of allylic oxidation sites excluding steroid dienone is 4. The Morgan fingerprint density at radius 2 is 1.00 bits per heavy atom. The maximum Gasteiger partial charge on any atom is 0.163 e. The zero-order chi connectivity index (χ0) is 29.4. The predicted molar refractivity (Wildman–Crippen MR) is 157 cm³/mol. The highest BCUT2D eigenvalue weighted by atomic mass is 16.5. The van der Waals surface area contributed by atoms with Crippen molar-refractivity contribution in [1.29, 1.82) is 0 Å². The molecule has 2 atom stereocenters. The van der Waals surface area contributed by atoms with Crippen LogP contribution in [0.25, 0.3) is 0 Å². The Hall–Kier alpha value is -4.52. The number of carbonyl (C=O) groups is 2. The summed E-state index contributed by atoms with van der Waals surface area (Å²) in [5.41, 5.74) is 4.06. The summed E-state index contributed by atoms with van der Waals surface area (Å²) < 4.78 is 28.3. The highest BCUT2D eigenvalue weighted by molar-refractivity contribution is 6.06. The molecule has 0 amide bonds. The Bertz CT molecular complexity index is 1490. The Balaban J connectivity index is 1.42. The molecule has 0 saturated heterocycles. The van der Waals surface area contributed by atoms with Crippen molar-refractivity contribution in [3.05, 3.63) is 106 Å². The summed E-state index contributed by atoms with van der Waals surface area (Å²) in [5, 5.41) is 0. The first kappa shape index (κ1) is 27.6. The van der Waals surface area contributed by atoms with Crippen LogP contribution in [0.2, 0.25) is 0 Å². The molecule has 1 aliphatic heterocycles. The monoisotopic (exact) mass is 566 g/mol. The molecule has 42 heavy (non-hydrogen) atoms. The number of hydrogen-bond acceptors (Lipinski definition) is 7. The van der Waals surface area contributed by atoms with Crippen molar-refractivity contribution in [1.82, 2.24) is 0 Å². The summed E-state index contributed by atoms with van der Waals surface area (Å²) in [4.78, 5) is 27.9. The second-order valence-electron chi connectivity index (χ2n) is 10.9. The van der Waals surface area contributed by atoms with Crippen molar-refractivity contribution in [2.45, 2.75) is 43.4 Å². The fourth-order valence-electron chi connectivity index (χ4n) is 6.51. The number of ketones is 2. The zero-order valence-electron chi connectivity index (χ0n) is 24.3. The fraction of sp³-hybridized carbons (Fsp3) is 0.314. The average Bonchev–Trinajstić information content (AvgIpc) is 3.03. The van der Waals surface area contributed by atoms with Crippen LogP contribution in [0.4, 0.5) is 0 Å². The third-order valence-corrected chi connectivity index (χ3v) is 8.67. The van der Waals surface area contributed by atoms with E-state index in [9.17, 15) is 9.59 Å². The summed E-state index contributed by atoms with van der Waals surface area (Å²) in [7, 11) is 6.44. The van der Waals surface area contributed by atoms with E-state index in [0.717, 1.165) is 28.2 Å². The lowest BCUT2D eigenvalue weighted by Crippen LogP contribution is -2.33. The van der Waals surface area contributed by atoms with Gasteiger partial charge in [0.05, 0.1) is 28.4 Å². The van der Waals surface area contributed by atoms with Crippen LogP contribution in [0.5, 0.6) is 23.0 Å². The highest BCUT2D eigenvalue weighted by Gasteiger charge is 2.45. The standard InChI is InChI=1S/C35H34O7/c1-38-25-10-5-20(6-11-25)23-15-27(36)34-31(18-23)42-32-19-24(21-7-12-26(39-2)13-8-21)16-28(37)35(32)33(34)22-9-14-29(40-3)30(17-22)41-4/h5-14,17,23-24,33H,15-16,18-19H2,1-4H3/t23-,24-/m1/s1. The molecule has 0 saturated carbocycles. The fourth-order valence-corrected chi connectivity index (χ4v) is 6.51. The Labute approximate surface area is 245 Å². The number of carbonyl (C=O) groups excluding carboxylic acids is 2. The molecule has 3 aliphatic rings. The van der Waals surface area contributed by atoms with E-state index in [-0.39, 0.29) is 23.4 Å². The number of methoxy groups -OCH3 is 4. The van der Waals surface area contributed by atoms with E-state index in [1.807, 2.05) is 66.7 Å². The molecule has 216 valence electrons. The first-order valence-corrected chi connectivity index (χ1v) is 14.1. The minimum Gasteiger partial charge on any atom is -0.497 e. The minimum absolute atomic E-state index is 0.00604. The van der Waals surface area contributed by atoms with Gasteiger partial charge >= 0.3 is 0 Å². The third-order valence-electron chi connectivity index (χ3n) is 8.67. The molecule has 2 aliphatic carbocycles. The van der Waals surface area contributed by atoms with Crippen LogP contribution in [-0.2, 0) is 14.3 Å². The molecular formula is C35H34O7. The number of Topliss-reactive ketones (excluding diaryl/α,β-unsaturated/α-hetero) is 2. The van der Waals surface area contributed by atoms with Crippen molar-refractivity contribution < 1.29 is 33.3 Å². The Morgan fingerprint density at radius 3 is 1.43 bits per heavy atom. The van der Waals surface area contributed by atoms with Gasteiger partial charge in [0.25, 0.3) is 0 Å². The molecule has 0 radical (unpaired) electrons. The third kappa shape index (κ3) is 4.93. The Morgan fingerprint density at radius 1 is 0.548 bits per heavy atom. The van der Waals surface area contributed by atoms with E-state index in [4.69, 9.17) is 23.7 Å². The van der Waals surface area contributed by atoms with Gasteiger partial charge in [0.15, 0.2) is 23.1 Å². The van der Waals surface area contributed by atoms with Crippen molar-refractivity contribution >= 4 is 11.6 Å². The van der Waals surface area contributed by atoms with Crippen molar-refractivity contribution in [3.8, 4) is 23.0 Å². The summed E-state index contributed by atoms with van der Waals surface area (Å²) in [6.45, 7) is 0. The van der Waals surface area contributed by atoms with Gasteiger partial charge in [-0.1, -0.05) is 30.3 Å². The van der Waals surface area contributed by atoms with Crippen molar-refractivity contribution in [2.75, 3.05) is 28.4 Å². The molecule has 0 unspecified atom stereocenters. The SMILES string of the molecule is COc1ccc([C@@H]2CC(=O)C3=C(C2)OC2=C(C(=O)C[C@@H](c4ccc(OC)cc4)C2)C3c2ccc(OC)c(OC)c2)cc1. The van der Waals surface area contributed by atoms with Gasteiger partial charge in [0, 0.05) is 42.7 Å². The lowest BCUT2D eigenvalue weighted by molar-refractivity contribution is -0.118. The predicted octanol–water partition coefficient (Wildman–Crippen LogP) is 6.64. The summed E-state index contributed by atoms with van der Waals surface area (Å²) in [5.74, 6) is 3.35.